The first-order valence-electron chi connectivity index (χ1n) is 7.35. The maximum atomic E-state index is 12.0. The minimum atomic E-state index is -0.0675. The SMILES string of the molecule is CCC(C)C1=NC(=O)C(CC2CCCCC2)=NC1. The molecule has 1 aliphatic heterocycles. The highest BCUT2D eigenvalue weighted by molar-refractivity contribution is 6.42. The van der Waals surface area contributed by atoms with Crippen LogP contribution < -0.4 is 0 Å². The van der Waals surface area contributed by atoms with Crippen molar-refractivity contribution in [3.05, 3.63) is 0 Å². The molecule has 100 valence electrons. The van der Waals surface area contributed by atoms with Crippen LogP contribution in [0.3, 0.4) is 0 Å². The minimum absolute atomic E-state index is 0.0675. The third-order valence-corrected chi connectivity index (χ3v) is 4.31. The van der Waals surface area contributed by atoms with Crippen LogP contribution in [0.1, 0.15) is 58.8 Å². The van der Waals surface area contributed by atoms with Gasteiger partial charge in [0.25, 0.3) is 5.91 Å². The minimum Gasteiger partial charge on any atom is -0.278 e. The summed E-state index contributed by atoms with van der Waals surface area (Å²) in [5.41, 5.74) is 1.70. The van der Waals surface area contributed by atoms with E-state index < -0.39 is 0 Å². The zero-order chi connectivity index (χ0) is 13.0. The molecule has 0 radical (unpaired) electrons. The van der Waals surface area contributed by atoms with E-state index in [1.807, 2.05) is 0 Å². The van der Waals surface area contributed by atoms with Gasteiger partial charge in [-0.1, -0.05) is 46.0 Å². The van der Waals surface area contributed by atoms with E-state index in [9.17, 15) is 4.79 Å². The van der Waals surface area contributed by atoms with Crippen LogP contribution in [0.4, 0.5) is 0 Å². The van der Waals surface area contributed by atoms with Crippen molar-refractivity contribution in [1.82, 2.24) is 0 Å². The van der Waals surface area contributed by atoms with E-state index >= 15 is 0 Å². The quantitative estimate of drug-likeness (QED) is 0.751. The van der Waals surface area contributed by atoms with Crippen LogP contribution in [0.25, 0.3) is 0 Å². The van der Waals surface area contributed by atoms with Crippen molar-refractivity contribution in [2.45, 2.75) is 58.8 Å². The number of rotatable bonds is 4. The van der Waals surface area contributed by atoms with Gasteiger partial charge >= 0.3 is 0 Å². The van der Waals surface area contributed by atoms with Crippen molar-refractivity contribution in [3.63, 3.8) is 0 Å². The van der Waals surface area contributed by atoms with E-state index in [1.165, 1.54) is 32.1 Å². The first-order valence-corrected chi connectivity index (χ1v) is 7.35. The maximum absolute atomic E-state index is 12.0. The molecule has 2 rings (SSSR count). The Bertz CT molecular complexity index is 365. The molecule has 2 aliphatic rings. The van der Waals surface area contributed by atoms with Crippen molar-refractivity contribution in [2.75, 3.05) is 6.54 Å². The van der Waals surface area contributed by atoms with Crippen LogP contribution in [-0.4, -0.2) is 23.9 Å². The Balaban J connectivity index is 1.92. The fraction of sp³-hybridized carbons (Fsp3) is 0.800. The first-order chi connectivity index (χ1) is 8.70. The standard InChI is InChI=1S/C15H24N2O/c1-3-11(2)14-10-16-13(15(18)17-14)9-12-7-5-4-6-8-12/h11-12H,3-10H2,1-2H3. The summed E-state index contributed by atoms with van der Waals surface area (Å²) in [6.07, 6.45) is 8.38. The van der Waals surface area contributed by atoms with E-state index in [4.69, 9.17) is 0 Å². The van der Waals surface area contributed by atoms with E-state index in [-0.39, 0.29) is 5.91 Å². The highest BCUT2D eigenvalue weighted by Gasteiger charge is 2.23. The Morgan fingerprint density at radius 3 is 2.61 bits per heavy atom. The Hall–Kier alpha value is -0.990. The van der Waals surface area contributed by atoms with Crippen molar-refractivity contribution in [1.29, 1.82) is 0 Å². The second-order valence-electron chi connectivity index (χ2n) is 5.69. The molecule has 18 heavy (non-hydrogen) atoms. The zero-order valence-electron chi connectivity index (χ0n) is 11.6. The van der Waals surface area contributed by atoms with E-state index in [1.54, 1.807) is 0 Å². The van der Waals surface area contributed by atoms with Crippen LogP contribution >= 0.6 is 0 Å². The van der Waals surface area contributed by atoms with Crippen LogP contribution in [0, 0.1) is 11.8 Å². The number of amides is 1. The molecular formula is C15H24N2O. The molecule has 0 aromatic rings. The zero-order valence-corrected chi connectivity index (χ0v) is 11.6. The number of hydrogen-bond acceptors (Lipinski definition) is 2. The van der Waals surface area contributed by atoms with Crippen LogP contribution in [0.5, 0.6) is 0 Å². The molecule has 1 unspecified atom stereocenters. The van der Waals surface area contributed by atoms with Gasteiger partial charge in [0.2, 0.25) is 0 Å². The Morgan fingerprint density at radius 2 is 2.00 bits per heavy atom. The molecule has 1 amide bonds. The monoisotopic (exact) mass is 248 g/mol. The topological polar surface area (TPSA) is 41.8 Å². The molecule has 0 aromatic heterocycles. The largest absolute Gasteiger partial charge is 0.290 e. The molecule has 3 heteroatoms. The Morgan fingerprint density at radius 1 is 1.28 bits per heavy atom. The van der Waals surface area contributed by atoms with Crippen molar-refractivity contribution in [3.8, 4) is 0 Å². The molecular weight excluding hydrogens is 224 g/mol. The first kappa shape index (κ1) is 13.4. The van der Waals surface area contributed by atoms with E-state index in [0.29, 0.717) is 18.4 Å². The summed E-state index contributed by atoms with van der Waals surface area (Å²) < 4.78 is 0. The summed E-state index contributed by atoms with van der Waals surface area (Å²) in [6.45, 7) is 4.88. The lowest BCUT2D eigenvalue weighted by atomic mass is 9.85. The number of nitrogens with zero attached hydrogens (tertiary/aromatic N) is 2. The van der Waals surface area contributed by atoms with Gasteiger partial charge in [0.15, 0.2) is 0 Å². The summed E-state index contributed by atoms with van der Waals surface area (Å²) in [6, 6.07) is 0. The lowest BCUT2D eigenvalue weighted by molar-refractivity contribution is -0.112. The van der Waals surface area contributed by atoms with Gasteiger partial charge in [0.05, 0.1) is 6.54 Å². The predicted octanol–water partition coefficient (Wildman–Crippen LogP) is 3.43. The van der Waals surface area contributed by atoms with Gasteiger partial charge in [-0.15, -0.1) is 0 Å². The maximum Gasteiger partial charge on any atom is 0.290 e. The molecule has 1 saturated carbocycles. The molecule has 1 heterocycles. The van der Waals surface area contributed by atoms with Crippen molar-refractivity contribution >= 4 is 17.3 Å². The van der Waals surface area contributed by atoms with E-state index in [2.05, 4.69) is 23.8 Å². The van der Waals surface area contributed by atoms with Gasteiger partial charge in [-0.2, -0.15) is 0 Å². The lowest BCUT2D eigenvalue weighted by Gasteiger charge is -2.23. The summed E-state index contributed by atoms with van der Waals surface area (Å²) in [5, 5.41) is 0. The molecule has 0 N–H and O–H groups in total. The van der Waals surface area contributed by atoms with Crippen LogP contribution in [0.15, 0.2) is 9.98 Å². The van der Waals surface area contributed by atoms with Gasteiger partial charge < -0.3 is 0 Å². The third-order valence-electron chi connectivity index (χ3n) is 4.31. The summed E-state index contributed by atoms with van der Waals surface area (Å²) in [4.78, 5) is 20.7. The van der Waals surface area contributed by atoms with E-state index in [0.717, 1.165) is 24.3 Å². The van der Waals surface area contributed by atoms with Gasteiger partial charge in [-0.3, -0.25) is 9.79 Å². The number of aliphatic imine (C=N–C) groups is 2. The normalized spacial score (nSPS) is 23.6. The molecule has 0 spiro atoms. The molecule has 0 bridgehead atoms. The van der Waals surface area contributed by atoms with Crippen molar-refractivity contribution < 1.29 is 4.79 Å². The number of carbonyl (C=O) groups excluding carboxylic acids is 1. The summed E-state index contributed by atoms with van der Waals surface area (Å²) in [7, 11) is 0. The fourth-order valence-electron chi connectivity index (χ4n) is 2.79. The molecule has 1 aliphatic carbocycles. The summed E-state index contributed by atoms with van der Waals surface area (Å²) >= 11 is 0. The average molecular weight is 248 g/mol. The smallest absolute Gasteiger partial charge is 0.278 e. The van der Waals surface area contributed by atoms with Gasteiger partial charge in [-0.25, -0.2) is 4.99 Å². The van der Waals surface area contributed by atoms with Gasteiger partial charge in [0.1, 0.15) is 5.71 Å². The predicted molar refractivity (Wildman–Crippen MR) is 75.4 cm³/mol. The fourth-order valence-corrected chi connectivity index (χ4v) is 2.79. The lowest BCUT2D eigenvalue weighted by Crippen LogP contribution is -2.28. The number of carbonyl (C=O) groups is 1. The molecule has 1 fully saturated rings. The molecule has 3 nitrogen and oxygen atoms in total. The highest BCUT2D eigenvalue weighted by atomic mass is 16.1. The molecule has 0 aromatic carbocycles. The Kier molecular flexibility index (Phi) is 4.67. The Labute approximate surface area is 110 Å². The number of hydrogen-bond donors (Lipinski definition) is 0. The highest BCUT2D eigenvalue weighted by Crippen LogP contribution is 2.27. The van der Waals surface area contributed by atoms with Crippen LogP contribution in [-0.2, 0) is 4.79 Å². The summed E-state index contributed by atoms with van der Waals surface area (Å²) in [5.74, 6) is 0.984. The average Bonchev–Trinajstić information content (AvgIpc) is 2.41. The van der Waals surface area contributed by atoms with Crippen LogP contribution in [0.2, 0.25) is 0 Å². The second-order valence-corrected chi connectivity index (χ2v) is 5.69. The molecule has 1 atom stereocenters. The second kappa shape index (κ2) is 6.26. The molecule has 0 saturated heterocycles. The van der Waals surface area contributed by atoms with Gasteiger partial charge in [0, 0.05) is 5.71 Å². The van der Waals surface area contributed by atoms with Crippen molar-refractivity contribution in [2.24, 2.45) is 21.8 Å². The third kappa shape index (κ3) is 3.27. The van der Waals surface area contributed by atoms with Gasteiger partial charge in [-0.05, 0) is 24.7 Å².